The first-order chi connectivity index (χ1) is 8.95. The van der Waals surface area contributed by atoms with E-state index in [4.69, 9.17) is 5.73 Å². The summed E-state index contributed by atoms with van der Waals surface area (Å²) < 4.78 is 0. The zero-order valence-corrected chi connectivity index (χ0v) is 11.4. The topological polar surface area (TPSA) is 67.5 Å². The lowest BCUT2D eigenvalue weighted by Crippen LogP contribution is -2.40. The first-order valence-electron chi connectivity index (χ1n) is 6.70. The number of nitrogens with zero attached hydrogens (tertiary/aromatic N) is 1. The van der Waals surface area contributed by atoms with Gasteiger partial charge in [0.15, 0.2) is 0 Å². The predicted octanol–water partition coefficient (Wildman–Crippen LogP) is 1.36. The number of hydrogen-bond acceptors (Lipinski definition) is 3. The maximum atomic E-state index is 11.7. The van der Waals surface area contributed by atoms with Crippen LogP contribution in [0.1, 0.15) is 37.0 Å². The lowest BCUT2D eigenvalue weighted by molar-refractivity contribution is -0.129. The number of carbonyl (C=O) groups excluding carboxylic acids is 1. The van der Waals surface area contributed by atoms with Crippen molar-refractivity contribution in [2.45, 2.75) is 39.2 Å². The van der Waals surface area contributed by atoms with Crippen molar-refractivity contribution in [1.29, 1.82) is 0 Å². The van der Waals surface area contributed by atoms with E-state index >= 15 is 0 Å². The fourth-order valence-electron chi connectivity index (χ4n) is 2.81. The molecule has 0 aromatic heterocycles. The smallest absolute Gasteiger partial charge is 0.246 e. The van der Waals surface area contributed by atoms with E-state index in [1.54, 1.807) is 0 Å². The van der Waals surface area contributed by atoms with Crippen molar-refractivity contribution in [3.05, 3.63) is 34.9 Å². The molecule has 3 rings (SSSR count). The molecular formula is C15H19N3O. The molecule has 4 heteroatoms. The molecule has 0 spiro atoms. The molecule has 0 saturated carbocycles. The zero-order chi connectivity index (χ0) is 13.6. The van der Waals surface area contributed by atoms with Crippen molar-refractivity contribution in [2.75, 3.05) is 0 Å². The highest BCUT2D eigenvalue weighted by Gasteiger charge is 2.33. The largest absolute Gasteiger partial charge is 0.327 e. The number of nitrogens with two attached hydrogens (primary N) is 1. The van der Waals surface area contributed by atoms with Gasteiger partial charge in [-0.3, -0.25) is 4.79 Å². The summed E-state index contributed by atoms with van der Waals surface area (Å²) >= 11 is 0. The molecule has 1 aromatic carbocycles. The first kappa shape index (κ1) is 12.4. The SMILES string of the molecule is CC1(C)CC(c2ccc3c(c2)CC(N)C3)=NNC1=O. The van der Waals surface area contributed by atoms with Crippen LogP contribution in [0.3, 0.4) is 0 Å². The van der Waals surface area contributed by atoms with Gasteiger partial charge in [-0.05, 0) is 35.6 Å². The van der Waals surface area contributed by atoms with Gasteiger partial charge in [0.25, 0.3) is 0 Å². The van der Waals surface area contributed by atoms with Crippen LogP contribution in [0.2, 0.25) is 0 Å². The summed E-state index contributed by atoms with van der Waals surface area (Å²) in [6.07, 6.45) is 2.57. The average molecular weight is 257 g/mol. The standard InChI is InChI=1S/C15H19N3O/c1-15(2)8-13(17-18-14(15)19)10-4-3-9-6-12(16)7-11(9)5-10/h3-5,12H,6-8,16H2,1-2H3,(H,18,19). The summed E-state index contributed by atoms with van der Waals surface area (Å²) in [6, 6.07) is 6.65. The van der Waals surface area contributed by atoms with Gasteiger partial charge in [-0.15, -0.1) is 0 Å². The van der Waals surface area contributed by atoms with Gasteiger partial charge in [-0.1, -0.05) is 26.0 Å². The Labute approximate surface area is 113 Å². The number of amides is 1. The molecule has 100 valence electrons. The summed E-state index contributed by atoms with van der Waals surface area (Å²) in [5.74, 6) is -0.0144. The van der Waals surface area contributed by atoms with Gasteiger partial charge in [0.2, 0.25) is 5.91 Å². The van der Waals surface area contributed by atoms with Crippen LogP contribution in [-0.2, 0) is 17.6 Å². The molecule has 1 unspecified atom stereocenters. The fraction of sp³-hybridized carbons (Fsp3) is 0.467. The van der Waals surface area contributed by atoms with E-state index in [9.17, 15) is 4.79 Å². The quantitative estimate of drug-likeness (QED) is 0.797. The van der Waals surface area contributed by atoms with Gasteiger partial charge in [0, 0.05) is 12.5 Å². The van der Waals surface area contributed by atoms with Crippen molar-refractivity contribution < 1.29 is 4.79 Å². The number of hydrogen-bond donors (Lipinski definition) is 2. The third-order valence-corrected chi connectivity index (χ3v) is 4.02. The van der Waals surface area contributed by atoms with Crippen LogP contribution in [0, 0.1) is 5.41 Å². The molecule has 1 heterocycles. The summed E-state index contributed by atoms with van der Waals surface area (Å²) in [5, 5.41) is 4.21. The molecule has 3 N–H and O–H groups in total. The van der Waals surface area contributed by atoms with Crippen LogP contribution in [0.15, 0.2) is 23.3 Å². The lowest BCUT2D eigenvalue weighted by Gasteiger charge is -2.27. The maximum absolute atomic E-state index is 11.7. The van der Waals surface area contributed by atoms with Crippen LogP contribution in [0.25, 0.3) is 0 Å². The second kappa shape index (κ2) is 4.17. The molecule has 2 aliphatic rings. The molecule has 1 amide bonds. The predicted molar refractivity (Wildman–Crippen MR) is 74.9 cm³/mol. The van der Waals surface area contributed by atoms with Crippen LogP contribution in [-0.4, -0.2) is 17.7 Å². The Morgan fingerprint density at radius 2 is 2.05 bits per heavy atom. The summed E-state index contributed by atoms with van der Waals surface area (Å²) in [5.41, 5.74) is 12.9. The minimum Gasteiger partial charge on any atom is -0.327 e. The van der Waals surface area contributed by atoms with E-state index in [2.05, 4.69) is 28.7 Å². The highest BCUT2D eigenvalue weighted by molar-refractivity contribution is 6.06. The molecule has 0 fully saturated rings. The van der Waals surface area contributed by atoms with Crippen LogP contribution >= 0.6 is 0 Å². The van der Waals surface area contributed by atoms with E-state index < -0.39 is 5.41 Å². The Hall–Kier alpha value is -1.68. The summed E-state index contributed by atoms with van der Waals surface area (Å²) in [6.45, 7) is 3.89. The third kappa shape index (κ3) is 2.16. The molecule has 0 bridgehead atoms. The highest BCUT2D eigenvalue weighted by atomic mass is 16.2. The minimum atomic E-state index is -0.396. The molecule has 0 radical (unpaired) electrons. The zero-order valence-electron chi connectivity index (χ0n) is 11.4. The highest BCUT2D eigenvalue weighted by Crippen LogP contribution is 2.29. The molecule has 1 aromatic rings. The Bertz CT molecular complexity index is 575. The molecule has 4 nitrogen and oxygen atoms in total. The number of carbonyl (C=O) groups is 1. The van der Waals surface area contributed by atoms with Crippen molar-refractivity contribution in [2.24, 2.45) is 16.3 Å². The number of fused-ring (bicyclic) bond motifs is 1. The number of benzene rings is 1. The summed E-state index contributed by atoms with van der Waals surface area (Å²) in [4.78, 5) is 11.7. The van der Waals surface area contributed by atoms with Crippen LogP contribution in [0.5, 0.6) is 0 Å². The minimum absolute atomic E-state index is 0.0144. The Balaban J connectivity index is 1.92. The lowest BCUT2D eigenvalue weighted by atomic mass is 9.83. The summed E-state index contributed by atoms with van der Waals surface area (Å²) in [7, 11) is 0. The molecule has 1 aliphatic carbocycles. The molecule has 0 saturated heterocycles. The maximum Gasteiger partial charge on any atom is 0.246 e. The van der Waals surface area contributed by atoms with Crippen molar-refractivity contribution in [1.82, 2.24) is 5.43 Å². The second-order valence-electron chi connectivity index (χ2n) is 6.21. The van der Waals surface area contributed by atoms with E-state index in [1.165, 1.54) is 11.1 Å². The normalized spacial score (nSPS) is 24.7. The molecule has 19 heavy (non-hydrogen) atoms. The van der Waals surface area contributed by atoms with Gasteiger partial charge >= 0.3 is 0 Å². The molecule has 1 aliphatic heterocycles. The van der Waals surface area contributed by atoms with Gasteiger partial charge in [-0.25, -0.2) is 5.43 Å². The molecular weight excluding hydrogens is 238 g/mol. The van der Waals surface area contributed by atoms with Crippen molar-refractivity contribution in [3.8, 4) is 0 Å². The third-order valence-electron chi connectivity index (χ3n) is 4.02. The second-order valence-corrected chi connectivity index (χ2v) is 6.21. The van der Waals surface area contributed by atoms with Crippen molar-refractivity contribution >= 4 is 11.6 Å². The van der Waals surface area contributed by atoms with E-state index in [1.807, 2.05) is 13.8 Å². The average Bonchev–Trinajstić information content (AvgIpc) is 2.71. The van der Waals surface area contributed by atoms with E-state index in [0.717, 1.165) is 24.1 Å². The van der Waals surface area contributed by atoms with Crippen LogP contribution < -0.4 is 11.2 Å². The Morgan fingerprint density at radius 3 is 2.79 bits per heavy atom. The number of hydrazone groups is 1. The fourth-order valence-corrected chi connectivity index (χ4v) is 2.81. The van der Waals surface area contributed by atoms with Crippen LogP contribution in [0.4, 0.5) is 0 Å². The van der Waals surface area contributed by atoms with Gasteiger partial charge in [-0.2, -0.15) is 5.10 Å². The van der Waals surface area contributed by atoms with E-state index in [-0.39, 0.29) is 11.9 Å². The molecule has 1 atom stereocenters. The van der Waals surface area contributed by atoms with E-state index in [0.29, 0.717) is 6.42 Å². The van der Waals surface area contributed by atoms with Gasteiger partial charge < -0.3 is 5.73 Å². The number of rotatable bonds is 1. The van der Waals surface area contributed by atoms with Gasteiger partial charge in [0.05, 0.1) is 11.1 Å². The monoisotopic (exact) mass is 257 g/mol. The van der Waals surface area contributed by atoms with Gasteiger partial charge in [0.1, 0.15) is 0 Å². The number of nitrogens with one attached hydrogen (secondary N) is 1. The first-order valence-corrected chi connectivity index (χ1v) is 6.70. The van der Waals surface area contributed by atoms with Crippen molar-refractivity contribution in [3.63, 3.8) is 0 Å². The Kier molecular flexibility index (Phi) is 2.71. The Morgan fingerprint density at radius 1 is 1.32 bits per heavy atom.